The van der Waals surface area contributed by atoms with Crippen LogP contribution in [-0.2, 0) is 0 Å². The van der Waals surface area contributed by atoms with E-state index in [1.165, 1.54) is 0 Å². The first kappa shape index (κ1) is 9.23. The van der Waals surface area contributed by atoms with Crippen LogP contribution in [0.3, 0.4) is 0 Å². The van der Waals surface area contributed by atoms with Crippen molar-refractivity contribution in [1.29, 1.82) is 0 Å². The maximum Gasteiger partial charge on any atom is 0.169 e. The minimum Gasteiger partial charge on any atom is -0.242 e. The van der Waals surface area contributed by atoms with Crippen molar-refractivity contribution in [3.8, 4) is 0 Å². The summed E-state index contributed by atoms with van der Waals surface area (Å²) in [5.74, 6) is 0. The molecule has 0 aliphatic carbocycles. The average Bonchev–Trinajstić information content (AvgIpc) is 1.60. The Morgan fingerprint density at radius 3 is 1.60 bits per heavy atom. The fourth-order valence-corrected chi connectivity index (χ4v) is 1.03. The summed E-state index contributed by atoms with van der Waals surface area (Å²) in [4.78, 5) is 3.49. The van der Waals surface area contributed by atoms with Gasteiger partial charge in [-0.2, -0.15) is 0 Å². The van der Waals surface area contributed by atoms with Crippen molar-refractivity contribution in [3.63, 3.8) is 0 Å². The van der Waals surface area contributed by atoms with E-state index in [4.69, 9.17) is 6.57 Å². The third-order valence-corrected chi connectivity index (χ3v) is 1.30. The molecule has 0 aromatic heterocycles. The quantitative estimate of drug-likeness (QED) is 0.451. The molecule has 0 aliphatic rings. The monoisotopic (exact) mass is 137 g/mol. The van der Waals surface area contributed by atoms with Crippen molar-refractivity contribution >= 4 is 0 Å². The fourth-order valence-electron chi connectivity index (χ4n) is 1.03. The largest absolute Gasteiger partial charge is 0.242 e. The molecule has 1 heteroatoms. The van der Waals surface area contributed by atoms with Crippen LogP contribution in [0, 0.1) is 12.0 Å². The van der Waals surface area contributed by atoms with Crippen LogP contribution >= 0.6 is 0 Å². The zero-order chi connectivity index (χ0) is 8.36. The molecule has 0 saturated heterocycles. The van der Waals surface area contributed by atoms with E-state index in [-0.39, 0.29) is 5.41 Å². The summed E-state index contributed by atoms with van der Waals surface area (Å²) in [6, 6.07) is 0. The zero-order valence-electron chi connectivity index (χ0n) is 7.45. The molecule has 0 aliphatic heterocycles. The SMILES string of the molecule is [C-]#[N+]C(=C(C)C)C(C)(C)C. The Hall–Kier alpha value is -0.770. The topological polar surface area (TPSA) is 4.36 Å². The van der Waals surface area contributed by atoms with Gasteiger partial charge in [-0.05, 0) is 5.41 Å². The molecule has 0 fully saturated rings. The van der Waals surface area contributed by atoms with E-state index >= 15 is 0 Å². The van der Waals surface area contributed by atoms with Gasteiger partial charge in [-0.15, -0.1) is 0 Å². The highest BCUT2D eigenvalue weighted by atomic mass is 14.7. The average molecular weight is 137 g/mol. The Morgan fingerprint density at radius 2 is 1.60 bits per heavy atom. The summed E-state index contributed by atoms with van der Waals surface area (Å²) in [5, 5.41) is 0. The van der Waals surface area contributed by atoms with Crippen LogP contribution in [0.25, 0.3) is 4.85 Å². The first-order valence-corrected chi connectivity index (χ1v) is 3.45. The molecule has 0 saturated carbocycles. The van der Waals surface area contributed by atoms with E-state index in [0.29, 0.717) is 0 Å². The summed E-state index contributed by atoms with van der Waals surface area (Å²) >= 11 is 0. The highest BCUT2D eigenvalue weighted by Gasteiger charge is 2.18. The second kappa shape index (κ2) is 2.88. The molecule has 0 amide bonds. The van der Waals surface area contributed by atoms with Crippen LogP contribution in [-0.4, -0.2) is 0 Å². The Morgan fingerprint density at radius 1 is 1.20 bits per heavy atom. The second-order valence-corrected chi connectivity index (χ2v) is 3.71. The van der Waals surface area contributed by atoms with Crippen LogP contribution < -0.4 is 0 Å². The number of allylic oxidation sites excluding steroid dienone is 2. The predicted molar refractivity (Wildman–Crippen MR) is 44.4 cm³/mol. The molecule has 0 spiro atoms. The lowest BCUT2D eigenvalue weighted by Gasteiger charge is -2.17. The Kier molecular flexibility index (Phi) is 2.65. The lowest BCUT2D eigenvalue weighted by Crippen LogP contribution is -2.07. The first-order valence-electron chi connectivity index (χ1n) is 3.45. The second-order valence-electron chi connectivity index (χ2n) is 3.71. The lowest BCUT2D eigenvalue weighted by molar-refractivity contribution is 0.511. The predicted octanol–water partition coefficient (Wildman–Crippen LogP) is 3.25. The fraction of sp³-hybridized carbons (Fsp3) is 0.667. The van der Waals surface area contributed by atoms with E-state index in [1.54, 1.807) is 0 Å². The van der Waals surface area contributed by atoms with E-state index in [2.05, 4.69) is 25.6 Å². The van der Waals surface area contributed by atoms with Crippen LogP contribution in [0.15, 0.2) is 11.3 Å². The van der Waals surface area contributed by atoms with Gasteiger partial charge in [0, 0.05) is 0 Å². The van der Waals surface area contributed by atoms with Gasteiger partial charge in [-0.25, -0.2) is 4.85 Å². The molecule has 0 aromatic carbocycles. The Labute approximate surface area is 63.6 Å². The summed E-state index contributed by atoms with van der Waals surface area (Å²) in [7, 11) is 0. The summed E-state index contributed by atoms with van der Waals surface area (Å²) < 4.78 is 0. The number of hydrogen-bond acceptors (Lipinski definition) is 0. The third-order valence-electron chi connectivity index (χ3n) is 1.30. The van der Waals surface area contributed by atoms with Crippen molar-refractivity contribution in [1.82, 2.24) is 0 Å². The molecule has 0 N–H and O–H groups in total. The van der Waals surface area contributed by atoms with Crippen molar-refractivity contribution in [2.24, 2.45) is 5.41 Å². The molecule has 0 heterocycles. The van der Waals surface area contributed by atoms with Gasteiger partial charge in [0.15, 0.2) is 5.70 Å². The molecule has 0 aromatic rings. The highest BCUT2D eigenvalue weighted by Crippen LogP contribution is 2.28. The van der Waals surface area contributed by atoms with Gasteiger partial charge in [0.2, 0.25) is 0 Å². The lowest BCUT2D eigenvalue weighted by atomic mass is 9.90. The van der Waals surface area contributed by atoms with Crippen LogP contribution in [0.2, 0.25) is 0 Å². The minimum absolute atomic E-state index is 0.0145. The molecular weight excluding hydrogens is 122 g/mol. The number of hydrogen-bond donors (Lipinski definition) is 0. The maximum atomic E-state index is 6.91. The van der Waals surface area contributed by atoms with Gasteiger partial charge < -0.3 is 0 Å². The molecular formula is C9H15N. The van der Waals surface area contributed by atoms with E-state index in [0.717, 1.165) is 11.3 Å². The Balaban J connectivity index is 4.78. The summed E-state index contributed by atoms with van der Waals surface area (Å²) in [6.07, 6.45) is 0. The van der Waals surface area contributed by atoms with Crippen molar-refractivity contribution < 1.29 is 0 Å². The summed E-state index contributed by atoms with van der Waals surface area (Å²) in [5.41, 5.74) is 2.02. The van der Waals surface area contributed by atoms with Crippen LogP contribution in [0.5, 0.6) is 0 Å². The van der Waals surface area contributed by atoms with Gasteiger partial charge >= 0.3 is 0 Å². The van der Waals surface area contributed by atoms with Crippen LogP contribution in [0.4, 0.5) is 0 Å². The van der Waals surface area contributed by atoms with Gasteiger partial charge in [-0.3, -0.25) is 0 Å². The molecule has 0 bridgehead atoms. The highest BCUT2D eigenvalue weighted by molar-refractivity contribution is 5.22. The van der Waals surface area contributed by atoms with Crippen molar-refractivity contribution in [2.45, 2.75) is 34.6 Å². The van der Waals surface area contributed by atoms with Crippen molar-refractivity contribution in [3.05, 3.63) is 22.7 Å². The Bertz CT molecular complexity index is 182. The normalized spacial score (nSPS) is 10.4. The standard InChI is InChI=1S/C9H15N/c1-7(2)8(10-6)9(3,4)5/h1-5H3. The van der Waals surface area contributed by atoms with Gasteiger partial charge in [0.05, 0.1) is 6.57 Å². The molecule has 56 valence electrons. The molecule has 0 radical (unpaired) electrons. The molecule has 1 nitrogen and oxygen atoms in total. The number of nitrogens with zero attached hydrogens (tertiary/aromatic N) is 1. The number of rotatable bonds is 0. The molecule has 0 rings (SSSR count). The molecule has 10 heavy (non-hydrogen) atoms. The third kappa shape index (κ3) is 2.23. The maximum absolute atomic E-state index is 6.91. The van der Waals surface area contributed by atoms with Gasteiger partial charge in [0.25, 0.3) is 0 Å². The van der Waals surface area contributed by atoms with Gasteiger partial charge in [0.1, 0.15) is 0 Å². The first-order chi connectivity index (χ1) is 4.39. The zero-order valence-corrected chi connectivity index (χ0v) is 7.45. The van der Waals surface area contributed by atoms with Gasteiger partial charge in [-0.1, -0.05) is 40.2 Å². The molecule has 0 unspecified atom stereocenters. The smallest absolute Gasteiger partial charge is 0.169 e. The van der Waals surface area contributed by atoms with E-state index in [9.17, 15) is 0 Å². The summed E-state index contributed by atoms with van der Waals surface area (Å²) in [6.45, 7) is 17.1. The van der Waals surface area contributed by atoms with Crippen molar-refractivity contribution in [2.75, 3.05) is 0 Å². The molecule has 0 atom stereocenters. The minimum atomic E-state index is 0.0145. The van der Waals surface area contributed by atoms with E-state index < -0.39 is 0 Å². The van der Waals surface area contributed by atoms with E-state index in [1.807, 2.05) is 13.8 Å². The van der Waals surface area contributed by atoms with Crippen LogP contribution in [0.1, 0.15) is 34.6 Å².